The van der Waals surface area contributed by atoms with E-state index in [4.69, 9.17) is 0 Å². The van der Waals surface area contributed by atoms with E-state index in [9.17, 15) is 4.79 Å². The number of rotatable bonds is 2. The highest BCUT2D eigenvalue weighted by Gasteiger charge is 2.51. The number of benzene rings is 2. The minimum Gasteiger partial charge on any atom is -0.339 e. The van der Waals surface area contributed by atoms with Gasteiger partial charge in [-0.1, -0.05) is 42.5 Å². The SMILES string of the molecule is Cl.O=C1NCN(c2ccccc2)C12CCN([C@@H]1CCc3ccccc31)CC2. The largest absolute Gasteiger partial charge is 0.339 e. The molecule has 4 nitrogen and oxygen atoms in total. The van der Waals surface area contributed by atoms with E-state index < -0.39 is 0 Å². The minimum atomic E-state index is -0.379. The van der Waals surface area contributed by atoms with Gasteiger partial charge in [-0.25, -0.2) is 0 Å². The maximum atomic E-state index is 12.8. The van der Waals surface area contributed by atoms with Crippen LogP contribution in [0.3, 0.4) is 0 Å². The quantitative estimate of drug-likeness (QED) is 0.861. The molecule has 2 heterocycles. The zero-order chi connectivity index (χ0) is 17.6. The smallest absolute Gasteiger partial charge is 0.247 e. The Kier molecular flexibility index (Phi) is 4.87. The first-order chi connectivity index (χ1) is 12.8. The molecule has 1 spiro atoms. The van der Waals surface area contributed by atoms with Crippen molar-refractivity contribution >= 4 is 24.0 Å². The summed E-state index contributed by atoms with van der Waals surface area (Å²) < 4.78 is 0. The predicted octanol–water partition coefficient (Wildman–Crippen LogP) is 3.52. The third kappa shape index (κ3) is 2.91. The number of anilines is 1. The molecule has 0 bridgehead atoms. The van der Waals surface area contributed by atoms with Crippen LogP contribution in [-0.2, 0) is 11.2 Å². The van der Waals surface area contributed by atoms with Crippen LogP contribution < -0.4 is 10.2 Å². The second-order valence-electron chi connectivity index (χ2n) is 7.75. The molecule has 1 N–H and O–H groups in total. The summed E-state index contributed by atoms with van der Waals surface area (Å²) in [7, 11) is 0. The van der Waals surface area contributed by atoms with Crippen LogP contribution in [0.1, 0.15) is 36.4 Å². The first-order valence-electron chi connectivity index (χ1n) is 9.71. The Bertz CT molecular complexity index is 817. The summed E-state index contributed by atoms with van der Waals surface area (Å²) in [6.07, 6.45) is 4.18. The van der Waals surface area contributed by atoms with Gasteiger partial charge < -0.3 is 10.2 Å². The van der Waals surface area contributed by atoms with Crippen molar-refractivity contribution in [2.45, 2.75) is 37.3 Å². The van der Waals surface area contributed by atoms with Gasteiger partial charge in [-0.3, -0.25) is 9.69 Å². The fourth-order valence-corrected chi connectivity index (χ4v) is 5.15. The third-order valence-electron chi connectivity index (χ3n) is 6.57. The number of para-hydroxylation sites is 1. The number of hydrogen-bond acceptors (Lipinski definition) is 3. The monoisotopic (exact) mass is 383 g/mol. The number of halogens is 1. The van der Waals surface area contributed by atoms with Gasteiger partial charge in [0, 0.05) is 24.8 Å². The van der Waals surface area contributed by atoms with Gasteiger partial charge in [0.15, 0.2) is 0 Å². The fraction of sp³-hybridized carbons (Fsp3) is 0.409. The molecule has 0 radical (unpaired) electrons. The maximum absolute atomic E-state index is 12.8. The molecule has 1 aliphatic carbocycles. The first kappa shape index (κ1) is 18.3. The molecule has 2 aromatic rings. The van der Waals surface area contributed by atoms with E-state index >= 15 is 0 Å². The zero-order valence-corrected chi connectivity index (χ0v) is 16.3. The van der Waals surface area contributed by atoms with Crippen molar-refractivity contribution < 1.29 is 4.79 Å². The first-order valence-corrected chi connectivity index (χ1v) is 9.71. The van der Waals surface area contributed by atoms with E-state index in [1.807, 2.05) is 6.07 Å². The number of carbonyl (C=O) groups excluding carboxylic acids is 1. The highest BCUT2D eigenvalue weighted by atomic mass is 35.5. The number of hydrogen-bond donors (Lipinski definition) is 1. The molecule has 1 atom stereocenters. The third-order valence-corrected chi connectivity index (χ3v) is 6.57. The molecule has 27 heavy (non-hydrogen) atoms. The molecule has 3 aliphatic rings. The van der Waals surface area contributed by atoms with E-state index in [1.54, 1.807) is 0 Å². The molecule has 0 unspecified atom stereocenters. The number of fused-ring (bicyclic) bond motifs is 1. The zero-order valence-electron chi connectivity index (χ0n) is 15.4. The lowest BCUT2D eigenvalue weighted by molar-refractivity contribution is -0.125. The van der Waals surface area contributed by atoms with Crippen molar-refractivity contribution in [2.75, 3.05) is 24.7 Å². The van der Waals surface area contributed by atoms with E-state index in [0.29, 0.717) is 12.7 Å². The lowest BCUT2D eigenvalue weighted by atomic mass is 9.84. The number of piperidine rings is 1. The molecule has 0 saturated carbocycles. The van der Waals surface area contributed by atoms with E-state index in [1.165, 1.54) is 24.0 Å². The average Bonchev–Trinajstić information content (AvgIpc) is 3.26. The molecule has 2 saturated heterocycles. The van der Waals surface area contributed by atoms with Gasteiger partial charge in [-0.15, -0.1) is 12.4 Å². The van der Waals surface area contributed by atoms with Crippen LogP contribution in [-0.4, -0.2) is 36.1 Å². The number of likely N-dealkylation sites (tertiary alicyclic amines) is 1. The van der Waals surface area contributed by atoms with E-state index in [0.717, 1.165) is 31.6 Å². The molecular formula is C22H26ClN3O. The van der Waals surface area contributed by atoms with Crippen LogP contribution in [0.15, 0.2) is 54.6 Å². The number of carbonyl (C=O) groups is 1. The van der Waals surface area contributed by atoms with Gasteiger partial charge in [0.1, 0.15) is 5.54 Å². The molecule has 2 aromatic carbocycles. The number of nitrogens with zero attached hydrogens (tertiary/aromatic N) is 2. The summed E-state index contributed by atoms with van der Waals surface area (Å²) in [6.45, 7) is 2.58. The summed E-state index contributed by atoms with van der Waals surface area (Å²) in [5, 5.41) is 3.10. The second kappa shape index (κ2) is 7.17. The van der Waals surface area contributed by atoms with Crippen LogP contribution in [0.2, 0.25) is 0 Å². The molecule has 5 rings (SSSR count). The highest BCUT2D eigenvalue weighted by molar-refractivity contribution is 5.93. The molecule has 5 heteroatoms. The van der Waals surface area contributed by atoms with Crippen molar-refractivity contribution in [3.8, 4) is 0 Å². The fourth-order valence-electron chi connectivity index (χ4n) is 5.15. The van der Waals surface area contributed by atoms with Crippen molar-refractivity contribution in [2.24, 2.45) is 0 Å². The van der Waals surface area contributed by atoms with Crippen LogP contribution in [0.5, 0.6) is 0 Å². The Morgan fingerprint density at radius 3 is 2.44 bits per heavy atom. The van der Waals surface area contributed by atoms with Gasteiger partial charge in [-0.05, 0) is 48.9 Å². The standard InChI is InChI=1S/C22H25N3O.ClH/c26-21-22(25(16-23-21)18-7-2-1-3-8-18)12-14-24(15-13-22)20-11-10-17-6-4-5-9-19(17)20;/h1-9,20H,10-16H2,(H,23,26);1H/t20-;/m1./s1. The Morgan fingerprint density at radius 1 is 0.963 bits per heavy atom. The molecule has 2 fully saturated rings. The highest BCUT2D eigenvalue weighted by Crippen LogP contribution is 2.41. The normalized spacial score (nSPS) is 23.8. The van der Waals surface area contributed by atoms with Crippen LogP contribution in [0.4, 0.5) is 5.69 Å². The van der Waals surface area contributed by atoms with Gasteiger partial charge in [-0.2, -0.15) is 0 Å². The summed E-state index contributed by atoms with van der Waals surface area (Å²) in [6, 6.07) is 19.7. The Labute approximate surface area is 167 Å². The summed E-state index contributed by atoms with van der Waals surface area (Å²) >= 11 is 0. The number of nitrogens with one attached hydrogen (secondary N) is 1. The van der Waals surface area contributed by atoms with Crippen molar-refractivity contribution in [3.63, 3.8) is 0 Å². The molecular weight excluding hydrogens is 358 g/mol. The Morgan fingerprint density at radius 2 is 1.67 bits per heavy atom. The lowest BCUT2D eigenvalue weighted by Gasteiger charge is -2.45. The lowest BCUT2D eigenvalue weighted by Crippen LogP contribution is -2.56. The summed E-state index contributed by atoms with van der Waals surface area (Å²) in [4.78, 5) is 17.7. The number of aryl methyl sites for hydroxylation is 1. The van der Waals surface area contributed by atoms with Gasteiger partial charge >= 0.3 is 0 Å². The van der Waals surface area contributed by atoms with Crippen molar-refractivity contribution in [1.82, 2.24) is 10.2 Å². The predicted molar refractivity (Wildman–Crippen MR) is 110 cm³/mol. The van der Waals surface area contributed by atoms with Crippen molar-refractivity contribution in [1.29, 1.82) is 0 Å². The number of amides is 1. The van der Waals surface area contributed by atoms with Gasteiger partial charge in [0.2, 0.25) is 5.91 Å². The maximum Gasteiger partial charge on any atom is 0.247 e. The summed E-state index contributed by atoms with van der Waals surface area (Å²) in [5.41, 5.74) is 3.77. The molecule has 142 valence electrons. The average molecular weight is 384 g/mol. The Hall–Kier alpha value is -2.04. The molecule has 2 aliphatic heterocycles. The van der Waals surface area contributed by atoms with Crippen LogP contribution in [0, 0.1) is 0 Å². The van der Waals surface area contributed by atoms with Crippen molar-refractivity contribution in [3.05, 3.63) is 65.7 Å². The minimum absolute atomic E-state index is 0. The van der Waals surface area contributed by atoms with E-state index in [-0.39, 0.29) is 23.9 Å². The van der Waals surface area contributed by atoms with E-state index in [2.05, 4.69) is 63.6 Å². The second-order valence-corrected chi connectivity index (χ2v) is 7.75. The Balaban J connectivity index is 0.00000180. The molecule has 0 aromatic heterocycles. The van der Waals surface area contributed by atoms with Gasteiger partial charge in [0.25, 0.3) is 0 Å². The van der Waals surface area contributed by atoms with Crippen LogP contribution in [0.25, 0.3) is 0 Å². The molecule has 1 amide bonds. The topological polar surface area (TPSA) is 35.6 Å². The summed E-state index contributed by atoms with van der Waals surface area (Å²) in [5.74, 6) is 0.202. The van der Waals surface area contributed by atoms with Crippen LogP contribution >= 0.6 is 12.4 Å². The van der Waals surface area contributed by atoms with Gasteiger partial charge in [0.05, 0.1) is 6.67 Å².